The second-order valence-electron chi connectivity index (χ2n) is 5.32. The Morgan fingerprint density at radius 3 is 2.09 bits per heavy atom. The molecule has 0 heterocycles. The SMILES string of the molecule is CCCc1ccccc1Oc1ccccc1-c1ccccc1. The molecule has 0 aliphatic carbocycles. The maximum absolute atomic E-state index is 6.25. The summed E-state index contributed by atoms with van der Waals surface area (Å²) in [7, 11) is 0. The van der Waals surface area contributed by atoms with Gasteiger partial charge in [-0.05, 0) is 29.7 Å². The van der Waals surface area contributed by atoms with Gasteiger partial charge in [0, 0.05) is 5.56 Å². The van der Waals surface area contributed by atoms with E-state index < -0.39 is 0 Å². The first-order chi connectivity index (χ1) is 10.9. The molecule has 22 heavy (non-hydrogen) atoms. The molecule has 0 aliphatic rings. The fourth-order valence-electron chi connectivity index (χ4n) is 2.61. The van der Waals surface area contributed by atoms with Crippen LogP contribution in [0.25, 0.3) is 11.1 Å². The molecule has 110 valence electrons. The van der Waals surface area contributed by atoms with Crippen LogP contribution < -0.4 is 4.74 Å². The van der Waals surface area contributed by atoms with Crippen LogP contribution in [0.5, 0.6) is 11.5 Å². The van der Waals surface area contributed by atoms with E-state index in [1.807, 2.05) is 36.4 Å². The third kappa shape index (κ3) is 3.20. The zero-order chi connectivity index (χ0) is 15.2. The third-order valence-corrected chi connectivity index (χ3v) is 3.68. The van der Waals surface area contributed by atoms with Crippen LogP contribution in [0.4, 0.5) is 0 Å². The molecule has 1 heteroatoms. The standard InChI is InChI=1S/C21H20O/c1-2-10-18-13-6-8-15-20(18)22-21-16-9-7-14-19(21)17-11-4-3-5-12-17/h3-9,11-16H,2,10H2,1H3. The summed E-state index contributed by atoms with van der Waals surface area (Å²) in [6, 6.07) is 26.9. The van der Waals surface area contributed by atoms with Gasteiger partial charge in [0.05, 0.1) is 0 Å². The Labute approximate surface area is 132 Å². The van der Waals surface area contributed by atoms with E-state index in [1.54, 1.807) is 0 Å². The lowest BCUT2D eigenvalue weighted by Gasteiger charge is -2.14. The molecule has 0 atom stereocenters. The Hall–Kier alpha value is -2.54. The van der Waals surface area contributed by atoms with Crippen LogP contribution in [-0.2, 0) is 6.42 Å². The van der Waals surface area contributed by atoms with Gasteiger partial charge >= 0.3 is 0 Å². The molecule has 0 radical (unpaired) electrons. The first kappa shape index (κ1) is 14.4. The van der Waals surface area contributed by atoms with Crippen molar-refractivity contribution in [2.45, 2.75) is 19.8 Å². The van der Waals surface area contributed by atoms with Crippen LogP contribution in [0, 0.1) is 0 Å². The fraction of sp³-hybridized carbons (Fsp3) is 0.143. The highest BCUT2D eigenvalue weighted by molar-refractivity contribution is 5.70. The van der Waals surface area contributed by atoms with Gasteiger partial charge in [0.25, 0.3) is 0 Å². The molecule has 0 N–H and O–H groups in total. The van der Waals surface area contributed by atoms with Crippen molar-refractivity contribution in [1.82, 2.24) is 0 Å². The monoisotopic (exact) mass is 288 g/mol. The summed E-state index contributed by atoms with van der Waals surface area (Å²) in [4.78, 5) is 0. The van der Waals surface area contributed by atoms with E-state index in [2.05, 4.69) is 49.4 Å². The highest BCUT2D eigenvalue weighted by Gasteiger charge is 2.08. The number of aryl methyl sites for hydroxylation is 1. The molecule has 0 fully saturated rings. The van der Waals surface area contributed by atoms with Gasteiger partial charge in [0.1, 0.15) is 11.5 Å². The molecule has 0 aliphatic heterocycles. The van der Waals surface area contributed by atoms with Crippen molar-refractivity contribution in [3.05, 3.63) is 84.4 Å². The maximum atomic E-state index is 6.25. The second kappa shape index (κ2) is 6.95. The number of hydrogen-bond acceptors (Lipinski definition) is 1. The van der Waals surface area contributed by atoms with Crippen LogP contribution >= 0.6 is 0 Å². The zero-order valence-electron chi connectivity index (χ0n) is 12.8. The topological polar surface area (TPSA) is 9.23 Å². The molecule has 3 rings (SSSR count). The lowest BCUT2D eigenvalue weighted by molar-refractivity contribution is 0.477. The number of ether oxygens (including phenoxy) is 1. The van der Waals surface area contributed by atoms with E-state index in [0.717, 1.165) is 29.9 Å². The van der Waals surface area contributed by atoms with Crippen molar-refractivity contribution >= 4 is 0 Å². The van der Waals surface area contributed by atoms with E-state index in [1.165, 1.54) is 11.1 Å². The summed E-state index contributed by atoms with van der Waals surface area (Å²) in [6.07, 6.45) is 2.14. The lowest BCUT2D eigenvalue weighted by atomic mass is 10.0. The smallest absolute Gasteiger partial charge is 0.135 e. The molecule has 3 aromatic rings. The quantitative estimate of drug-likeness (QED) is 0.551. The molecular weight excluding hydrogens is 268 g/mol. The maximum Gasteiger partial charge on any atom is 0.135 e. The minimum Gasteiger partial charge on any atom is -0.456 e. The molecule has 3 aromatic carbocycles. The summed E-state index contributed by atoms with van der Waals surface area (Å²) < 4.78 is 6.25. The molecule has 0 bridgehead atoms. The van der Waals surface area contributed by atoms with E-state index in [9.17, 15) is 0 Å². The van der Waals surface area contributed by atoms with E-state index >= 15 is 0 Å². The summed E-state index contributed by atoms with van der Waals surface area (Å²) >= 11 is 0. The summed E-state index contributed by atoms with van der Waals surface area (Å²) in [5.74, 6) is 1.85. The Morgan fingerprint density at radius 1 is 0.682 bits per heavy atom. The van der Waals surface area contributed by atoms with Gasteiger partial charge in [-0.1, -0.05) is 80.1 Å². The predicted molar refractivity (Wildman–Crippen MR) is 92.4 cm³/mol. The molecule has 0 amide bonds. The van der Waals surface area contributed by atoms with Gasteiger partial charge in [-0.25, -0.2) is 0 Å². The van der Waals surface area contributed by atoms with Crippen LogP contribution in [0.2, 0.25) is 0 Å². The van der Waals surface area contributed by atoms with Crippen LogP contribution in [0.3, 0.4) is 0 Å². The van der Waals surface area contributed by atoms with E-state index in [0.29, 0.717) is 0 Å². The van der Waals surface area contributed by atoms with E-state index in [4.69, 9.17) is 4.74 Å². The van der Waals surface area contributed by atoms with Crippen molar-refractivity contribution in [2.75, 3.05) is 0 Å². The number of benzene rings is 3. The summed E-state index contributed by atoms with van der Waals surface area (Å²) in [5.41, 5.74) is 3.55. The molecule has 0 saturated heterocycles. The average molecular weight is 288 g/mol. The van der Waals surface area contributed by atoms with Crippen molar-refractivity contribution in [3.8, 4) is 22.6 Å². The first-order valence-electron chi connectivity index (χ1n) is 7.78. The van der Waals surface area contributed by atoms with Crippen molar-refractivity contribution in [3.63, 3.8) is 0 Å². The van der Waals surface area contributed by atoms with Gasteiger partial charge in [0.2, 0.25) is 0 Å². The molecule has 0 saturated carbocycles. The van der Waals surface area contributed by atoms with E-state index in [-0.39, 0.29) is 0 Å². The van der Waals surface area contributed by atoms with Gasteiger partial charge in [0.15, 0.2) is 0 Å². The van der Waals surface area contributed by atoms with Crippen LogP contribution in [0.1, 0.15) is 18.9 Å². The van der Waals surface area contributed by atoms with Gasteiger partial charge in [-0.15, -0.1) is 0 Å². The number of rotatable bonds is 5. The molecule has 1 nitrogen and oxygen atoms in total. The summed E-state index contributed by atoms with van der Waals surface area (Å²) in [5, 5.41) is 0. The molecule has 0 spiro atoms. The van der Waals surface area contributed by atoms with Crippen LogP contribution in [0.15, 0.2) is 78.9 Å². The minimum atomic E-state index is 0.900. The Balaban J connectivity index is 1.97. The largest absolute Gasteiger partial charge is 0.456 e. The zero-order valence-corrected chi connectivity index (χ0v) is 12.8. The Morgan fingerprint density at radius 2 is 1.32 bits per heavy atom. The number of hydrogen-bond donors (Lipinski definition) is 0. The number of para-hydroxylation sites is 2. The van der Waals surface area contributed by atoms with Gasteiger partial charge < -0.3 is 4.74 Å². The first-order valence-corrected chi connectivity index (χ1v) is 7.78. The Bertz CT molecular complexity index is 732. The lowest BCUT2D eigenvalue weighted by Crippen LogP contribution is -1.93. The normalized spacial score (nSPS) is 10.4. The van der Waals surface area contributed by atoms with Crippen LogP contribution in [-0.4, -0.2) is 0 Å². The molecule has 0 aromatic heterocycles. The molecular formula is C21H20O. The second-order valence-corrected chi connectivity index (χ2v) is 5.32. The highest BCUT2D eigenvalue weighted by atomic mass is 16.5. The van der Waals surface area contributed by atoms with Crippen molar-refractivity contribution < 1.29 is 4.74 Å². The average Bonchev–Trinajstić information content (AvgIpc) is 2.58. The van der Waals surface area contributed by atoms with Crippen molar-refractivity contribution in [2.24, 2.45) is 0 Å². The predicted octanol–water partition coefficient (Wildman–Crippen LogP) is 6.10. The fourth-order valence-corrected chi connectivity index (χ4v) is 2.61. The molecule has 0 unspecified atom stereocenters. The Kier molecular flexibility index (Phi) is 4.55. The van der Waals surface area contributed by atoms with Gasteiger partial charge in [-0.2, -0.15) is 0 Å². The minimum absolute atomic E-state index is 0.900. The summed E-state index contributed by atoms with van der Waals surface area (Å²) in [6.45, 7) is 2.19. The van der Waals surface area contributed by atoms with Crippen molar-refractivity contribution in [1.29, 1.82) is 0 Å². The highest BCUT2D eigenvalue weighted by Crippen LogP contribution is 2.34. The van der Waals surface area contributed by atoms with Gasteiger partial charge in [-0.3, -0.25) is 0 Å². The third-order valence-electron chi connectivity index (χ3n) is 3.68.